The van der Waals surface area contributed by atoms with Gasteiger partial charge < -0.3 is 5.32 Å². The molecule has 1 aromatic heterocycles. The van der Waals surface area contributed by atoms with Crippen LogP contribution < -0.4 is 5.32 Å². The number of hydrogen-bond donors (Lipinski definition) is 1. The third-order valence-corrected chi connectivity index (χ3v) is 4.47. The average molecular weight is 313 g/mol. The Balaban J connectivity index is 2.12. The Bertz CT molecular complexity index is 558. The molecule has 0 saturated carbocycles. The van der Waals surface area contributed by atoms with E-state index in [0.717, 1.165) is 15.5 Å². The maximum atomic E-state index is 6.00. The van der Waals surface area contributed by atoms with Crippen molar-refractivity contribution >= 4 is 35.0 Å². The summed E-state index contributed by atoms with van der Waals surface area (Å²) in [6.45, 7) is 2.08. The molecule has 5 heteroatoms. The second-order valence-electron chi connectivity index (χ2n) is 4.11. The molecule has 0 amide bonds. The molecule has 0 aliphatic rings. The van der Waals surface area contributed by atoms with Crippen LogP contribution >= 0.6 is 35.0 Å². The average Bonchev–Trinajstić information content (AvgIpc) is 2.43. The van der Waals surface area contributed by atoms with Gasteiger partial charge in [-0.3, -0.25) is 4.98 Å². The number of hydrogen-bond acceptors (Lipinski definition) is 3. The van der Waals surface area contributed by atoms with Crippen molar-refractivity contribution in [2.75, 3.05) is 7.05 Å². The van der Waals surface area contributed by atoms with Crippen molar-refractivity contribution in [3.8, 4) is 0 Å². The molecule has 1 heterocycles. The number of nitrogens with zero attached hydrogens (tertiary/aromatic N) is 1. The fraction of sp³-hybridized carbons (Fsp3) is 0.214. The monoisotopic (exact) mass is 312 g/mol. The third-order valence-electron chi connectivity index (χ3n) is 2.76. The van der Waals surface area contributed by atoms with Crippen molar-refractivity contribution < 1.29 is 0 Å². The number of rotatable bonds is 4. The zero-order valence-corrected chi connectivity index (χ0v) is 13.0. The van der Waals surface area contributed by atoms with Crippen molar-refractivity contribution in [1.29, 1.82) is 0 Å². The molecule has 1 unspecified atom stereocenters. The predicted octanol–water partition coefficient (Wildman–Crippen LogP) is 4.82. The Morgan fingerprint density at radius 2 is 1.84 bits per heavy atom. The van der Waals surface area contributed by atoms with Gasteiger partial charge in [-0.05, 0) is 44.3 Å². The van der Waals surface area contributed by atoms with Gasteiger partial charge in [0.05, 0.1) is 15.7 Å². The van der Waals surface area contributed by atoms with Crippen LogP contribution in [0.5, 0.6) is 0 Å². The van der Waals surface area contributed by atoms with Crippen molar-refractivity contribution in [1.82, 2.24) is 10.3 Å². The number of nitrogens with one attached hydrogen (secondary N) is 1. The first kappa shape index (κ1) is 14.7. The summed E-state index contributed by atoms with van der Waals surface area (Å²) >= 11 is 13.5. The third kappa shape index (κ3) is 3.86. The van der Waals surface area contributed by atoms with Gasteiger partial charge in [0.25, 0.3) is 0 Å². The summed E-state index contributed by atoms with van der Waals surface area (Å²) in [5.74, 6) is 0. The minimum atomic E-state index is 0.254. The van der Waals surface area contributed by atoms with Gasteiger partial charge in [0.15, 0.2) is 0 Å². The molecule has 0 radical (unpaired) electrons. The minimum absolute atomic E-state index is 0.254. The highest BCUT2D eigenvalue weighted by molar-refractivity contribution is 7.99. The van der Waals surface area contributed by atoms with E-state index in [1.807, 2.05) is 31.4 Å². The molecule has 0 aliphatic carbocycles. The molecule has 0 bridgehead atoms. The highest BCUT2D eigenvalue weighted by Gasteiger charge is 2.05. The molecular weight excluding hydrogens is 299 g/mol. The van der Waals surface area contributed by atoms with Crippen molar-refractivity contribution in [3.05, 3.63) is 52.3 Å². The molecule has 19 heavy (non-hydrogen) atoms. The lowest BCUT2D eigenvalue weighted by molar-refractivity contribution is 0.631. The summed E-state index contributed by atoms with van der Waals surface area (Å²) in [7, 11) is 1.92. The second kappa shape index (κ2) is 6.62. The van der Waals surface area contributed by atoms with Gasteiger partial charge >= 0.3 is 0 Å². The first-order valence-corrected chi connectivity index (χ1v) is 7.43. The van der Waals surface area contributed by atoms with E-state index in [1.165, 1.54) is 0 Å². The highest BCUT2D eigenvalue weighted by atomic mass is 35.5. The molecule has 0 spiro atoms. The molecule has 1 N–H and O–H groups in total. The van der Waals surface area contributed by atoms with Gasteiger partial charge in [-0.25, -0.2) is 0 Å². The van der Waals surface area contributed by atoms with Crippen LogP contribution in [-0.2, 0) is 0 Å². The lowest BCUT2D eigenvalue weighted by atomic mass is 10.2. The second-order valence-corrected chi connectivity index (χ2v) is 6.07. The fourth-order valence-corrected chi connectivity index (χ4v) is 2.72. The van der Waals surface area contributed by atoms with Crippen molar-refractivity contribution in [3.63, 3.8) is 0 Å². The van der Waals surface area contributed by atoms with Crippen LogP contribution in [-0.4, -0.2) is 12.0 Å². The predicted molar refractivity (Wildman–Crippen MR) is 82.3 cm³/mol. The normalized spacial score (nSPS) is 12.4. The zero-order valence-electron chi connectivity index (χ0n) is 10.7. The van der Waals surface area contributed by atoms with Crippen LogP contribution in [0, 0.1) is 0 Å². The Morgan fingerprint density at radius 1 is 1.11 bits per heavy atom. The maximum Gasteiger partial charge on any atom is 0.0603 e. The van der Waals surface area contributed by atoms with E-state index in [0.29, 0.717) is 10.0 Å². The number of pyridine rings is 1. The van der Waals surface area contributed by atoms with Gasteiger partial charge in [-0.15, -0.1) is 0 Å². The van der Waals surface area contributed by atoms with Gasteiger partial charge in [-0.2, -0.15) is 0 Å². The Kier molecular flexibility index (Phi) is 5.11. The quantitative estimate of drug-likeness (QED) is 0.876. The van der Waals surface area contributed by atoms with E-state index in [2.05, 4.69) is 23.3 Å². The van der Waals surface area contributed by atoms with E-state index < -0.39 is 0 Å². The van der Waals surface area contributed by atoms with Crippen molar-refractivity contribution in [2.45, 2.75) is 22.8 Å². The summed E-state index contributed by atoms with van der Waals surface area (Å²) in [5.41, 5.74) is 1.03. The molecule has 2 nitrogen and oxygen atoms in total. The Hall–Kier alpha value is -0.740. The van der Waals surface area contributed by atoms with Crippen LogP contribution in [0.2, 0.25) is 10.0 Å². The van der Waals surface area contributed by atoms with Gasteiger partial charge in [0.2, 0.25) is 0 Å². The van der Waals surface area contributed by atoms with E-state index in [9.17, 15) is 0 Å². The largest absolute Gasteiger partial charge is 0.312 e. The minimum Gasteiger partial charge on any atom is -0.312 e. The highest BCUT2D eigenvalue weighted by Crippen LogP contribution is 2.32. The first-order valence-electron chi connectivity index (χ1n) is 5.86. The van der Waals surface area contributed by atoms with Gasteiger partial charge in [0.1, 0.15) is 0 Å². The van der Waals surface area contributed by atoms with E-state index in [1.54, 1.807) is 17.8 Å². The molecule has 1 atom stereocenters. The lowest BCUT2D eigenvalue weighted by Crippen LogP contribution is -2.13. The number of benzene rings is 1. The van der Waals surface area contributed by atoms with Crippen molar-refractivity contribution in [2.24, 2.45) is 0 Å². The zero-order chi connectivity index (χ0) is 13.8. The number of aromatic nitrogens is 1. The Morgan fingerprint density at radius 3 is 2.42 bits per heavy atom. The van der Waals surface area contributed by atoms with Crippen LogP contribution in [0.3, 0.4) is 0 Å². The molecule has 2 rings (SSSR count). The number of halogens is 2. The van der Waals surface area contributed by atoms with Crippen LogP contribution in [0.25, 0.3) is 0 Å². The lowest BCUT2D eigenvalue weighted by Gasteiger charge is -2.10. The summed E-state index contributed by atoms with van der Waals surface area (Å²) in [5, 5.41) is 4.30. The summed E-state index contributed by atoms with van der Waals surface area (Å²) in [6, 6.07) is 9.95. The molecular formula is C14H14Cl2N2S. The maximum absolute atomic E-state index is 6.00. The summed E-state index contributed by atoms with van der Waals surface area (Å²) < 4.78 is 0. The molecule has 100 valence electrons. The first-order chi connectivity index (χ1) is 9.10. The van der Waals surface area contributed by atoms with Crippen LogP contribution in [0.1, 0.15) is 18.7 Å². The Labute approximate surface area is 127 Å². The summed E-state index contributed by atoms with van der Waals surface area (Å²) in [4.78, 5) is 6.56. The molecule has 2 aromatic rings. The van der Waals surface area contributed by atoms with Crippen LogP contribution in [0.4, 0.5) is 0 Å². The fourth-order valence-electron chi connectivity index (χ4n) is 1.53. The van der Waals surface area contributed by atoms with E-state index >= 15 is 0 Å². The SMILES string of the molecule is CNC(C)c1ccc(Sc2ccc(Cl)c(Cl)c2)cn1. The topological polar surface area (TPSA) is 24.9 Å². The van der Waals surface area contributed by atoms with E-state index in [4.69, 9.17) is 23.2 Å². The molecule has 0 fully saturated rings. The molecule has 0 aliphatic heterocycles. The molecule has 0 saturated heterocycles. The molecule has 1 aromatic carbocycles. The standard InChI is InChI=1S/C14H14Cl2N2S/c1-9(17-2)14-6-4-11(8-18-14)19-10-3-5-12(15)13(16)7-10/h3-9,17H,1-2H3. The summed E-state index contributed by atoms with van der Waals surface area (Å²) in [6.07, 6.45) is 1.87. The smallest absolute Gasteiger partial charge is 0.0603 e. The van der Waals surface area contributed by atoms with Gasteiger partial charge in [-0.1, -0.05) is 35.0 Å². The van der Waals surface area contributed by atoms with Crippen LogP contribution in [0.15, 0.2) is 46.3 Å². The van der Waals surface area contributed by atoms with E-state index in [-0.39, 0.29) is 6.04 Å². The van der Waals surface area contributed by atoms with Gasteiger partial charge in [0, 0.05) is 22.0 Å².